The molecule has 1 fully saturated rings. The lowest BCUT2D eigenvalue weighted by atomic mass is 10.1. The SMILES string of the molecule is COc1cccc(OCCN2CCC(=O)CC2)c1. The van der Waals surface area contributed by atoms with Crippen LogP contribution in [-0.4, -0.2) is 44.0 Å². The molecule has 0 N–H and O–H groups in total. The first-order valence-corrected chi connectivity index (χ1v) is 6.29. The lowest BCUT2D eigenvalue weighted by molar-refractivity contribution is -0.121. The number of carbonyl (C=O) groups excluding carboxylic acids is 1. The number of benzene rings is 1. The molecule has 1 aliphatic heterocycles. The summed E-state index contributed by atoms with van der Waals surface area (Å²) >= 11 is 0. The maximum Gasteiger partial charge on any atom is 0.135 e. The molecule has 2 rings (SSSR count). The van der Waals surface area contributed by atoms with E-state index in [9.17, 15) is 4.79 Å². The molecule has 0 radical (unpaired) electrons. The normalized spacial score (nSPS) is 16.6. The monoisotopic (exact) mass is 249 g/mol. The zero-order valence-electron chi connectivity index (χ0n) is 10.7. The smallest absolute Gasteiger partial charge is 0.135 e. The third-order valence-electron chi connectivity index (χ3n) is 3.13. The van der Waals surface area contributed by atoms with E-state index in [0.717, 1.165) is 31.1 Å². The molecule has 0 aliphatic carbocycles. The van der Waals surface area contributed by atoms with Gasteiger partial charge in [0.15, 0.2) is 0 Å². The first-order valence-electron chi connectivity index (χ1n) is 6.29. The predicted octanol–water partition coefficient (Wildman–Crippen LogP) is 1.74. The van der Waals surface area contributed by atoms with Crippen molar-refractivity contribution in [1.29, 1.82) is 0 Å². The Hall–Kier alpha value is -1.55. The number of ketones is 1. The minimum atomic E-state index is 0.375. The van der Waals surface area contributed by atoms with Gasteiger partial charge in [0.05, 0.1) is 7.11 Å². The van der Waals surface area contributed by atoms with Gasteiger partial charge < -0.3 is 9.47 Å². The molecule has 0 amide bonds. The Kier molecular flexibility index (Phi) is 4.59. The largest absolute Gasteiger partial charge is 0.497 e. The van der Waals surface area contributed by atoms with Gasteiger partial charge in [0.25, 0.3) is 0 Å². The Morgan fingerprint density at radius 3 is 2.67 bits per heavy atom. The second kappa shape index (κ2) is 6.40. The summed E-state index contributed by atoms with van der Waals surface area (Å²) in [7, 11) is 1.64. The zero-order valence-corrected chi connectivity index (χ0v) is 10.7. The van der Waals surface area contributed by atoms with E-state index in [1.165, 1.54) is 0 Å². The molecule has 0 unspecified atom stereocenters. The highest BCUT2D eigenvalue weighted by atomic mass is 16.5. The predicted molar refractivity (Wildman–Crippen MR) is 69.2 cm³/mol. The second-order valence-corrected chi connectivity index (χ2v) is 4.41. The molecule has 98 valence electrons. The van der Waals surface area contributed by atoms with E-state index >= 15 is 0 Å². The van der Waals surface area contributed by atoms with E-state index < -0.39 is 0 Å². The van der Waals surface area contributed by atoms with Crippen molar-refractivity contribution in [3.8, 4) is 11.5 Å². The van der Waals surface area contributed by atoms with Gasteiger partial charge in [-0.2, -0.15) is 0 Å². The standard InChI is InChI=1S/C14H19NO3/c1-17-13-3-2-4-14(11-13)18-10-9-15-7-5-12(16)6-8-15/h2-4,11H,5-10H2,1H3. The number of rotatable bonds is 5. The number of Topliss-reactive ketones (excluding diaryl/α,β-unsaturated/α-hetero) is 1. The van der Waals surface area contributed by atoms with E-state index in [1.807, 2.05) is 24.3 Å². The van der Waals surface area contributed by atoms with Crippen LogP contribution in [0.4, 0.5) is 0 Å². The van der Waals surface area contributed by atoms with Crippen LogP contribution in [0, 0.1) is 0 Å². The molecule has 1 heterocycles. The Labute approximate surface area is 107 Å². The molecule has 0 spiro atoms. The Bertz CT molecular complexity index is 396. The highest BCUT2D eigenvalue weighted by Gasteiger charge is 2.15. The summed E-state index contributed by atoms with van der Waals surface area (Å²) in [5.74, 6) is 2.00. The van der Waals surface area contributed by atoms with Gasteiger partial charge in [0, 0.05) is 38.5 Å². The number of nitrogens with zero attached hydrogens (tertiary/aromatic N) is 1. The molecule has 1 aromatic carbocycles. The van der Waals surface area contributed by atoms with Crippen LogP contribution in [0.1, 0.15) is 12.8 Å². The van der Waals surface area contributed by atoms with E-state index in [4.69, 9.17) is 9.47 Å². The summed E-state index contributed by atoms with van der Waals surface area (Å²) in [6, 6.07) is 7.60. The van der Waals surface area contributed by atoms with Crippen LogP contribution in [-0.2, 0) is 4.79 Å². The van der Waals surface area contributed by atoms with Crippen LogP contribution in [0.3, 0.4) is 0 Å². The fourth-order valence-corrected chi connectivity index (χ4v) is 2.01. The van der Waals surface area contributed by atoms with Crippen molar-refractivity contribution in [2.45, 2.75) is 12.8 Å². The van der Waals surface area contributed by atoms with Gasteiger partial charge in [-0.1, -0.05) is 6.07 Å². The highest BCUT2D eigenvalue weighted by molar-refractivity contribution is 5.79. The molecule has 4 heteroatoms. The maximum absolute atomic E-state index is 11.1. The molecular formula is C14H19NO3. The van der Waals surface area contributed by atoms with E-state index in [2.05, 4.69) is 4.90 Å². The topological polar surface area (TPSA) is 38.8 Å². The van der Waals surface area contributed by atoms with Crippen molar-refractivity contribution < 1.29 is 14.3 Å². The van der Waals surface area contributed by atoms with Gasteiger partial charge in [-0.3, -0.25) is 9.69 Å². The van der Waals surface area contributed by atoms with Crippen molar-refractivity contribution in [2.24, 2.45) is 0 Å². The van der Waals surface area contributed by atoms with Gasteiger partial charge in [0.1, 0.15) is 23.9 Å². The van der Waals surface area contributed by atoms with Gasteiger partial charge in [-0.15, -0.1) is 0 Å². The van der Waals surface area contributed by atoms with Gasteiger partial charge >= 0.3 is 0 Å². The molecule has 18 heavy (non-hydrogen) atoms. The van der Waals surface area contributed by atoms with Crippen molar-refractivity contribution in [2.75, 3.05) is 33.4 Å². The van der Waals surface area contributed by atoms with E-state index in [-0.39, 0.29) is 0 Å². The van der Waals surface area contributed by atoms with Crippen LogP contribution >= 0.6 is 0 Å². The third-order valence-corrected chi connectivity index (χ3v) is 3.13. The Morgan fingerprint density at radius 2 is 1.94 bits per heavy atom. The molecule has 0 atom stereocenters. The summed E-state index contributed by atoms with van der Waals surface area (Å²) < 4.78 is 10.8. The number of methoxy groups -OCH3 is 1. The van der Waals surface area contributed by atoms with Crippen LogP contribution in [0.15, 0.2) is 24.3 Å². The van der Waals surface area contributed by atoms with Gasteiger partial charge in [0.2, 0.25) is 0 Å². The number of likely N-dealkylation sites (tertiary alicyclic amines) is 1. The van der Waals surface area contributed by atoms with Crippen LogP contribution in [0.5, 0.6) is 11.5 Å². The second-order valence-electron chi connectivity index (χ2n) is 4.41. The summed E-state index contributed by atoms with van der Waals surface area (Å²) in [5.41, 5.74) is 0. The maximum atomic E-state index is 11.1. The van der Waals surface area contributed by atoms with Gasteiger partial charge in [-0.25, -0.2) is 0 Å². The van der Waals surface area contributed by atoms with E-state index in [0.29, 0.717) is 25.2 Å². The average Bonchev–Trinajstić information content (AvgIpc) is 2.41. The molecule has 1 aliphatic rings. The molecule has 1 saturated heterocycles. The van der Waals surface area contributed by atoms with Gasteiger partial charge in [-0.05, 0) is 12.1 Å². The molecule has 1 aromatic rings. The minimum Gasteiger partial charge on any atom is -0.497 e. The number of carbonyl (C=O) groups is 1. The number of ether oxygens (including phenoxy) is 2. The van der Waals surface area contributed by atoms with Crippen molar-refractivity contribution in [1.82, 2.24) is 4.90 Å². The number of piperidine rings is 1. The lowest BCUT2D eigenvalue weighted by Crippen LogP contribution is -2.36. The van der Waals surface area contributed by atoms with Crippen LogP contribution in [0.25, 0.3) is 0 Å². The molecule has 0 bridgehead atoms. The first kappa shape index (κ1) is 12.9. The van der Waals surface area contributed by atoms with Crippen molar-refractivity contribution >= 4 is 5.78 Å². The highest BCUT2D eigenvalue weighted by Crippen LogP contribution is 2.18. The third kappa shape index (κ3) is 3.74. The Morgan fingerprint density at radius 1 is 1.22 bits per heavy atom. The summed E-state index contributed by atoms with van der Waals surface area (Å²) in [5, 5.41) is 0. The number of hydrogen-bond donors (Lipinski definition) is 0. The first-order chi connectivity index (χ1) is 8.78. The van der Waals surface area contributed by atoms with E-state index in [1.54, 1.807) is 7.11 Å². The Balaban J connectivity index is 1.73. The van der Waals surface area contributed by atoms with Crippen LogP contribution in [0.2, 0.25) is 0 Å². The van der Waals surface area contributed by atoms with Crippen molar-refractivity contribution in [3.63, 3.8) is 0 Å². The zero-order chi connectivity index (χ0) is 12.8. The molecule has 4 nitrogen and oxygen atoms in total. The fraction of sp³-hybridized carbons (Fsp3) is 0.500. The molecule has 0 aromatic heterocycles. The minimum absolute atomic E-state index is 0.375. The summed E-state index contributed by atoms with van der Waals surface area (Å²) in [6.07, 6.45) is 1.36. The fourth-order valence-electron chi connectivity index (χ4n) is 2.01. The van der Waals surface area contributed by atoms with Crippen molar-refractivity contribution in [3.05, 3.63) is 24.3 Å². The summed E-state index contributed by atoms with van der Waals surface area (Å²) in [4.78, 5) is 13.4. The molecular weight excluding hydrogens is 230 g/mol. The lowest BCUT2D eigenvalue weighted by Gasteiger charge is -2.25. The summed E-state index contributed by atoms with van der Waals surface area (Å²) in [6.45, 7) is 3.23. The quantitative estimate of drug-likeness (QED) is 0.796. The molecule has 0 saturated carbocycles. The van der Waals surface area contributed by atoms with Crippen LogP contribution < -0.4 is 9.47 Å². The number of hydrogen-bond acceptors (Lipinski definition) is 4. The average molecular weight is 249 g/mol.